The molecule has 14 heteroatoms. The Morgan fingerprint density at radius 1 is 0.654 bits per heavy atom. The molecule has 0 aliphatic carbocycles. The van der Waals surface area contributed by atoms with Crippen LogP contribution in [-0.2, 0) is 38.2 Å². The van der Waals surface area contributed by atoms with E-state index in [2.05, 4.69) is 9.47 Å². The maximum Gasteiger partial charge on any atom is 0.349 e. The van der Waals surface area contributed by atoms with Crippen LogP contribution >= 0.6 is 0 Å². The predicted octanol–water partition coefficient (Wildman–Crippen LogP) is -3.35. The summed E-state index contributed by atoms with van der Waals surface area (Å²) in [5.41, 5.74) is 0. The zero-order chi connectivity index (χ0) is 20.6. The standard InChI is InChI=1S/C12H14O14/c13-3(14)1-2-4(15)25-7(10(20)21)8(11(22)23)26-12(24)6(17)5(16)9(18)19/h5-8,16-17H,1-2H2,(H,13,14)(H,18,19)(H,20,21)(H,22,23). The van der Waals surface area contributed by atoms with Crippen molar-refractivity contribution in [1.82, 2.24) is 0 Å². The summed E-state index contributed by atoms with van der Waals surface area (Å²) in [6.07, 6.45) is -12.4. The molecule has 4 unspecified atom stereocenters. The van der Waals surface area contributed by atoms with Gasteiger partial charge in [-0.15, -0.1) is 0 Å². The average Bonchev–Trinajstić information content (AvgIpc) is 2.53. The first kappa shape index (κ1) is 22.7. The second-order valence-corrected chi connectivity index (χ2v) is 4.57. The van der Waals surface area contributed by atoms with E-state index >= 15 is 0 Å². The van der Waals surface area contributed by atoms with E-state index in [4.69, 9.17) is 25.5 Å². The largest absolute Gasteiger partial charge is 0.481 e. The Morgan fingerprint density at radius 3 is 1.50 bits per heavy atom. The van der Waals surface area contributed by atoms with Crippen molar-refractivity contribution in [3.8, 4) is 0 Å². The molecular weight excluding hydrogens is 368 g/mol. The molecule has 0 rings (SSSR count). The van der Waals surface area contributed by atoms with Gasteiger partial charge in [0.2, 0.25) is 12.2 Å². The number of carboxylic acid groups (broad SMARTS) is 4. The molecule has 0 aliphatic rings. The molecule has 4 atom stereocenters. The molecule has 0 spiro atoms. The first-order valence-corrected chi connectivity index (χ1v) is 6.54. The third-order valence-corrected chi connectivity index (χ3v) is 2.60. The highest BCUT2D eigenvalue weighted by Gasteiger charge is 2.43. The van der Waals surface area contributed by atoms with Gasteiger partial charge in [0.25, 0.3) is 0 Å². The Kier molecular flexibility index (Phi) is 8.66. The van der Waals surface area contributed by atoms with Crippen molar-refractivity contribution in [2.75, 3.05) is 0 Å². The van der Waals surface area contributed by atoms with Crippen molar-refractivity contribution in [3.05, 3.63) is 0 Å². The molecule has 0 saturated heterocycles. The lowest BCUT2D eigenvalue weighted by atomic mass is 10.1. The van der Waals surface area contributed by atoms with Crippen LogP contribution in [0.1, 0.15) is 12.8 Å². The van der Waals surface area contributed by atoms with Gasteiger partial charge >= 0.3 is 35.8 Å². The first-order valence-electron chi connectivity index (χ1n) is 6.54. The minimum Gasteiger partial charge on any atom is -0.481 e. The van der Waals surface area contributed by atoms with Gasteiger partial charge in [0.05, 0.1) is 12.8 Å². The number of hydrogen-bond donors (Lipinski definition) is 6. The second kappa shape index (κ2) is 9.90. The number of esters is 2. The summed E-state index contributed by atoms with van der Waals surface area (Å²) < 4.78 is 8.36. The van der Waals surface area contributed by atoms with Crippen LogP contribution in [0.15, 0.2) is 0 Å². The maximum atomic E-state index is 11.5. The number of carbonyl (C=O) groups excluding carboxylic acids is 2. The van der Waals surface area contributed by atoms with Gasteiger partial charge in [0, 0.05) is 0 Å². The fourth-order valence-electron chi connectivity index (χ4n) is 1.35. The molecule has 0 bridgehead atoms. The number of hydrogen-bond acceptors (Lipinski definition) is 10. The fraction of sp³-hybridized carbons (Fsp3) is 0.500. The SMILES string of the molecule is O=C(O)CCC(=O)OC(C(=O)O)C(OC(=O)C(O)C(O)C(=O)O)C(=O)O. The molecule has 0 aromatic heterocycles. The quantitative estimate of drug-likeness (QED) is 0.191. The molecule has 0 aliphatic heterocycles. The van der Waals surface area contributed by atoms with Crippen molar-refractivity contribution < 1.29 is 68.9 Å². The van der Waals surface area contributed by atoms with Crippen LogP contribution in [0.2, 0.25) is 0 Å². The summed E-state index contributed by atoms with van der Waals surface area (Å²) in [6, 6.07) is 0. The van der Waals surface area contributed by atoms with Crippen molar-refractivity contribution in [2.24, 2.45) is 0 Å². The lowest BCUT2D eigenvalue weighted by Crippen LogP contribution is -2.49. The van der Waals surface area contributed by atoms with Gasteiger partial charge in [-0.1, -0.05) is 0 Å². The van der Waals surface area contributed by atoms with Gasteiger partial charge < -0.3 is 40.1 Å². The van der Waals surface area contributed by atoms with Crippen LogP contribution < -0.4 is 0 Å². The predicted molar refractivity (Wildman–Crippen MR) is 71.6 cm³/mol. The number of ether oxygens (including phenoxy) is 2. The summed E-state index contributed by atoms with van der Waals surface area (Å²) in [5, 5.41) is 52.8. The molecule has 14 nitrogen and oxygen atoms in total. The summed E-state index contributed by atoms with van der Waals surface area (Å²) >= 11 is 0. The Balaban J connectivity index is 5.26. The molecule has 0 amide bonds. The Bertz CT molecular complexity index is 595. The molecular formula is C12H14O14. The van der Waals surface area contributed by atoms with Gasteiger partial charge in [-0.25, -0.2) is 19.2 Å². The van der Waals surface area contributed by atoms with E-state index in [0.717, 1.165) is 0 Å². The topological polar surface area (TPSA) is 242 Å². The van der Waals surface area contributed by atoms with Crippen molar-refractivity contribution >= 4 is 35.8 Å². The molecule has 0 saturated carbocycles. The molecule has 0 aromatic rings. The Morgan fingerprint density at radius 2 is 1.12 bits per heavy atom. The highest BCUT2D eigenvalue weighted by molar-refractivity contribution is 5.90. The Hall–Kier alpha value is -3.26. The van der Waals surface area contributed by atoms with E-state index in [9.17, 15) is 33.9 Å². The van der Waals surface area contributed by atoms with Gasteiger partial charge in [-0.2, -0.15) is 0 Å². The lowest BCUT2D eigenvalue weighted by molar-refractivity contribution is -0.194. The molecule has 0 fully saturated rings. The molecule has 146 valence electrons. The molecule has 0 aromatic carbocycles. The maximum absolute atomic E-state index is 11.5. The summed E-state index contributed by atoms with van der Waals surface area (Å²) in [7, 11) is 0. The van der Waals surface area contributed by atoms with Crippen LogP contribution in [0.25, 0.3) is 0 Å². The summed E-state index contributed by atoms with van der Waals surface area (Å²) in [6.45, 7) is 0. The van der Waals surface area contributed by atoms with Crippen LogP contribution in [-0.4, -0.2) is 90.9 Å². The molecule has 0 radical (unpaired) electrons. The first-order chi connectivity index (χ1) is 11.9. The van der Waals surface area contributed by atoms with Crippen LogP contribution in [0, 0.1) is 0 Å². The van der Waals surface area contributed by atoms with E-state index in [0.29, 0.717) is 0 Å². The van der Waals surface area contributed by atoms with Gasteiger partial charge in [-0.05, 0) is 0 Å². The average molecular weight is 382 g/mol. The number of carbonyl (C=O) groups is 6. The van der Waals surface area contributed by atoms with Crippen LogP contribution in [0.5, 0.6) is 0 Å². The number of aliphatic hydroxyl groups is 2. The van der Waals surface area contributed by atoms with E-state index < -0.39 is 73.1 Å². The van der Waals surface area contributed by atoms with Crippen LogP contribution in [0.3, 0.4) is 0 Å². The zero-order valence-electron chi connectivity index (χ0n) is 12.7. The molecule has 26 heavy (non-hydrogen) atoms. The number of carboxylic acids is 4. The van der Waals surface area contributed by atoms with Crippen molar-refractivity contribution in [3.63, 3.8) is 0 Å². The van der Waals surface area contributed by atoms with E-state index in [1.54, 1.807) is 0 Å². The number of aliphatic carboxylic acids is 4. The fourth-order valence-corrected chi connectivity index (χ4v) is 1.35. The van der Waals surface area contributed by atoms with Gasteiger partial charge in [0.15, 0.2) is 12.2 Å². The van der Waals surface area contributed by atoms with E-state index in [-0.39, 0.29) is 0 Å². The zero-order valence-corrected chi connectivity index (χ0v) is 12.7. The Labute approximate surface area is 143 Å². The minimum absolute atomic E-state index is 0.758. The van der Waals surface area contributed by atoms with Crippen LogP contribution in [0.4, 0.5) is 0 Å². The number of rotatable bonds is 11. The summed E-state index contributed by atoms with van der Waals surface area (Å²) in [5.74, 6) is -11.2. The third kappa shape index (κ3) is 7.10. The van der Waals surface area contributed by atoms with Gasteiger partial charge in [0.1, 0.15) is 0 Å². The highest BCUT2D eigenvalue weighted by atomic mass is 16.6. The van der Waals surface area contributed by atoms with E-state index in [1.807, 2.05) is 0 Å². The highest BCUT2D eigenvalue weighted by Crippen LogP contribution is 2.11. The minimum atomic E-state index is -2.76. The third-order valence-electron chi connectivity index (χ3n) is 2.60. The van der Waals surface area contributed by atoms with Gasteiger partial charge in [-0.3, -0.25) is 9.59 Å². The van der Waals surface area contributed by atoms with E-state index in [1.165, 1.54) is 0 Å². The van der Waals surface area contributed by atoms with Crippen molar-refractivity contribution in [2.45, 2.75) is 37.3 Å². The lowest BCUT2D eigenvalue weighted by Gasteiger charge is -2.22. The smallest absolute Gasteiger partial charge is 0.349 e. The molecule has 0 heterocycles. The summed E-state index contributed by atoms with van der Waals surface area (Å²) in [4.78, 5) is 65.7. The normalized spacial score (nSPS) is 15.0. The monoisotopic (exact) mass is 382 g/mol. The van der Waals surface area contributed by atoms with Crippen molar-refractivity contribution in [1.29, 1.82) is 0 Å². The second-order valence-electron chi connectivity index (χ2n) is 4.57. The number of aliphatic hydroxyl groups excluding tert-OH is 2. The molecule has 6 N–H and O–H groups in total.